The minimum atomic E-state index is -0.784. The summed E-state index contributed by atoms with van der Waals surface area (Å²) in [6.45, 7) is 1.73. The van der Waals surface area contributed by atoms with E-state index in [1.165, 1.54) is 55.7 Å². The van der Waals surface area contributed by atoms with Gasteiger partial charge in [-0.15, -0.1) is 11.3 Å². The van der Waals surface area contributed by atoms with Gasteiger partial charge in [-0.3, -0.25) is 9.36 Å². The van der Waals surface area contributed by atoms with E-state index >= 15 is 0 Å². The second-order valence-electron chi connectivity index (χ2n) is 7.05. The van der Waals surface area contributed by atoms with Crippen LogP contribution in [0.15, 0.2) is 50.7 Å². The molecule has 1 aliphatic heterocycles. The van der Waals surface area contributed by atoms with E-state index in [0.29, 0.717) is 37.8 Å². The summed E-state index contributed by atoms with van der Waals surface area (Å²) in [7, 11) is 5.83. The molecule has 0 N–H and O–H groups in total. The van der Waals surface area contributed by atoms with Gasteiger partial charge in [-0.2, -0.15) is 0 Å². The number of nitrogens with zero attached hydrogens (tertiary/aromatic N) is 2. The number of hydrogen-bond acceptors (Lipinski definition) is 9. The van der Waals surface area contributed by atoms with Gasteiger partial charge in [0.2, 0.25) is 5.75 Å². The highest BCUT2D eigenvalue weighted by Crippen LogP contribution is 2.42. The lowest BCUT2D eigenvalue weighted by atomic mass is 9.95. The number of carbonyl (C=O) groups excluding carboxylic acids is 1. The number of rotatable bonds is 6. The number of allylic oxidation sites excluding steroid dienone is 1. The van der Waals surface area contributed by atoms with Crippen molar-refractivity contribution in [3.8, 4) is 17.2 Å². The number of benzene rings is 1. The standard InChI is InChI=1S/C23H22N2O6S2/c1-12-18(22(27)31-5)19(13-9-15(28-2)20(30-4)16(10-13)29-3)25-21(26)17(33-23(25)24-12)11-14-7-6-8-32-14/h6-11,19H,1-5H3/t19-/m1/s1. The molecule has 33 heavy (non-hydrogen) atoms. The average molecular weight is 487 g/mol. The number of fused-ring (bicyclic) bond motifs is 1. The summed E-state index contributed by atoms with van der Waals surface area (Å²) in [6, 6.07) is 6.53. The van der Waals surface area contributed by atoms with Crippen LogP contribution in [0, 0.1) is 0 Å². The lowest BCUT2D eigenvalue weighted by Crippen LogP contribution is -2.39. The Morgan fingerprint density at radius 3 is 2.36 bits per heavy atom. The van der Waals surface area contributed by atoms with Crippen molar-refractivity contribution in [2.75, 3.05) is 28.4 Å². The molecule has 0 fully saturated rings. The fourth-order valence-electron chi connectivity index (χ4n) is 3.77. The largest absolute Gasteiger partial charge is 0.493 e. The molecule has 3 heterocycles. The summed E-state index contributed by atoms with van der Waals surface area (Å²) in [5.41, 5.74) is 1.09. The highest BCUT2D eigenvalue weighted by molar-refractivity contribution is 7.11. The SMILES string of the molecule is COC(=O)C1=C(C)N=c2sc(=Cc3cccs3)c(=O)n2[C@@H]1c1cc(OC)c(OC)c(OC)c1. The van der Waals surface area contributed by atoms with E-state index in [4.69, 9.17) is 18.9 Å². The quantitative estimate of drug-likeness (QED) is 0.498. The summed E-state index contributed by atoms with van der Waals surface area (Å²) in [6.07, 6.45) is 1.83. The molecule has 10 heteroatoms. The normalized spacial score (nSPS) is 15.7. The lowest BCUT2D eigenvalue weighted by Gasteiger charge is -2.25. The molecule has 0 aliphatic carbocycles. The topological polar surface area (TPSA) is 88.4 Å². The molecular weight excluding hydrogens is 464 g/mol. The first-order valence-electron chi connectivity index (χ1n) is 9.87. The van der Waals surface area contributed by atoms with Gasteiger partial charge in [0.05, 0.1) is 50.3 Å². The van der Waals surface area contributed by atoms with Crippen molar-refractivity contribution >= 4 is 34.7 Å². The van der Waals surface area contributed by atoms with Crippen LogP contribution in [0.4, 0.5) is 0 Å². The lowest BCUT2D eigenvalue weighted by molar-refractivity contribution is -0.136. The van der Waals surface area contributed by atoms with Crippen LogP contribution in [-0.4, -0.2) is 39.0 Å². The fraction of sp³-hybridized carbons (Fsp3) is 0.261. The number of esters is 1. The number of hydrogen-bond donors (Lipinski definition) is 0. The van der Waals surface area contributed by atoms with Gasteiger partial charge in [0.15, 0.2) is 16.3 Å². The van der Waals surface area contributed by atoms with Gasteiger partial charge in [0.1, 0.15) is 0 Å². The third kappa shape index (κ3) is 3.96. The van der Waals surface area contributed by atoms with Gasteiger partial charge in [-0.05, 0) is 42.1 Å². The Morgan fingerprint density at radius 2 is 1.82 bits per heavy atom. The molecular formula is C23H22N2O6S2. The number of carbonyl (C=O) groups is 1. The molecule has 0 unspecified atom stereocenters. The van der Waals surface area contributed by atoms with E-state index < -0.39 is 12.0 Å². The van der Waals surface area contributed by atoms with Gasteiger partial charge in [-0.1, -0.05) is 17.4 Å². The molecule has 2 aromatic heterocycles. The highest BCUT2D eigenvalue weighted by atomic mass is 32.1. The van der Waals surface area contributed by atoms with Crippen molar-refractivity contribution in [3.63, 3.8) is 0 Å². The molecule has 0 saturated heterocycles. The van der Waals surface area contributed by atoms with Crippen LogP contribution in [0.2, 0.25) is 0 Å². The zero-order valence-electron chi connectivity index (χ0n) is 18.7. The molecule has 172 valence electrons. The van der Waals surface area contributed by atoms with E-state index in [-0.39, 0.29) is 11.1 Å². The summed E-state index contributed by atoms with van der Waals surface area (Å²) >= 11 is 2.81. The zero-order valence-corrected chi connectivity index (χ0v) is 20.3. The van der Waals surface area contributed by atoms with Crippen molar-refractivity contribution < 1.29 is 23.7 Å². The average Bonchev–Trinajstić information content (AvgIpc) is 3.44. The predicted molar refractivity (Wildman–Crippen MR) is 126 cm³/mol. The van der Waals surface area contributed by atoms with Gasteiger partial charge in [-0.25, -0.2) is 9.79 Å². The number of aromatic nitrogens is 1. The van der Waals surface area contributed by atoms with E-state index in [1.807, 2.05) is 23.6 Å². The number of methoxy groups -OCH3 is 4. The molecule has 1 aromatic carbocycles. The fourth-order valence-corrected chi connectivity index (χ4v) is 5.54. The Bertz CT molecular complexity index is 1390. The third-order valence-electron chi connectivity index (χ3n) is 5.25. The highest BCUT2D eigenvalue weighted by Gasteiger charge is 2.34. The summed E-state index contributed by atoms with van der Waals surface area (Å²) < 4.78 is 23.5. The second-order valence-corrected chi connectivity index (χ2v) is 9.04. The molecule has 0 saturated carbocycles. The van der Waals surface area contributed by atoms with Crippen LogP contribution >= 0.6 is 22.7 Å². The molecule has 0 bridgehead atoms. The Kier molecular flexibility index (Phi) is 6.39. The predicted octanol–water partition coefficient (Wildman–Crippen LogP) is 2.50. The zero-order chi connectivity index (χ0) is 23.7. The summed E-state index contributed by atoms with van der Waals surface area (Å²) in [5.74, 6) is 0.662. The molecule has 1 atom stereocenters. The van der Waals surface area contributed by atoms with Crippen molar-refractivity contribution in [1.29, 1.82) is 0 Å². The summed E-state index contributed by atoms with van der Waals surface area (Å²) in [4.78, 5) is 32.4. The second kappa shape index (κ2) is 9.24. The maximum Gasteiger partial charge on any atom is 0.338 e. The molecule has 3 aromatic rings. The van der Waals surface area contributed by atoms with E-state index in [0.717, 1.165) is 4.88 Å². The molecule has 0 spiro atoms. The van der Waals surface area contributed by atoms with Gasteiger partial charge in [0, 0.05) is 4.88 Å². The smallest absolute Gasteiger partial charge is 0.338 e. The van der Waals surface area contributed by atoms with Crippen molar-refractivity contribution in [3.05, 3.63) is 71.0 Å². The van der Waals surface area contributed by atoms with Gasteiger partial charge >= 0.3 is 5.97 Å². The van der Waals surface area contributed by atoms with Gasteiger partial charge in [0.25, 0.3) is 5.56 Å². The van der Waals surface area contributed by atoms with E-state index in [9.17, 15) is 9.59 Å². The van der Waals surface area contributed by atoms with Crippen LogP contribution in [0.3, 0.4) is 0 Å². The molecule has 0 radical (unpaired) electrons. The maximum atomic E-state index is 13.5. The van der Waals surface area contributed by atoms with Gasteiger partial charge < -0.3 is 18.9 Å². The van der Waals surface area contributed by atoms with Crippen LogP contribution < -0.4 is 29.1 Å². The van der Waals surface area contributed by atoms with Crippen LogP contribution in [0.5, 0.6) is 17.2 Å². The number of thiazole rings is 1. The third-order valence-corrected chi connectivity index (χ3v) is 7.05. The van der Waals surface area contributed by atoms with Crippen molar-refractivity contribution in [2.24, 2.45) is 4.99 Å². The minimum absolute atomic E-state index is 0.250. The molecule has 1 aliphatic rings. The first-order chi connectivity index (χ1) is 15.9. The minimum Gasteiger partial charge on any atom is -0.493 e. The van der Waals surface area contributed by atoms with Crippen molar-refractivity contribution in [1.82, 2.24) is 4.57 Å². The Hall–Kier alpha value is -3.37. The number of thiophene rings is 1. The molecule has 0 amide bonds. The van der Waals surface area contributed by atoms with Crippen LogP contribution in [0.25, 0.3) is 6.08 Å². The summed E-state index contributed by atoms with van der Waals surface area (Å²) in [5, 5.41) is 1.95. The van der Waals surface area contributed by atoms with E-state index in [2.05, 4.69) is 4.99 Å². The molecule has 4 rings (SSSR count). The maximum absolute atomic E-state index is 13.5. The number of ether oxygens (including phenoxy) is 4. The molecule has 8 nitrogen and oxygen atoms in total. The monoisotopic (exact) mass is 486 g/mol. The first kappa shape index (κ1) is 22.8. The van der Waals surface area contributed by atoms with E-state index in [1.54, 1.807) is 19.1 Å². The van der Waals surface area contributed by atoms with Crippen LogP contribution in [0.1, 0.15) is 23.4 Å². The van der Waals surface area contributed by atoms with Crippen LogP contribution in [-0.2, 0) is 9.53 Å². The first-order valence-corrected chi connectivity index (χ1v) is 11.6. The van der Waals surface area contributed by atoms with Crippen molar-refractivity contribution in [2.45, 2.75) is 13.0 Å². The Balaban J connectivity index is 2.03. The Labute approximate surface area is 197 Å². The Morgan fingerprint density at radius 1 is 1.12 bits per heavy atom.